The van der Waals surface area contributed by atoms with E-state index >= 15 is 0 Å². The molecule has 0 radical (unpaired) electrons. The van der Waals surface area contributed by atoms with Crippen LogP contribution in [0.2, 0.25) is 0 Å². The Morgan fingerprint density at radius 3 is 2.71 bits per heavy atom. The Bertz CT molecular complexity index is 607. The van der Waals surface area contributed by atoms with Crippen molar-refractivity contribution in [1.29, 1.82) is 0 Å². The van der Waals surface area contributed by atoms with Gasteiger partial charge in [0.2, 0.25) is 0 Å². The van der Waals surface area contributed by atoms with E-state index in [0.717, 1.165) is 30.9 Å². The lowest BCUT2D eigenvalue weighted by Crippen LogP contribution is -2.15. The molecule has 0 aromatic heterocycles. The molecule has 0 amide bonds. The molecule has 1 aliphatic rings. The third-order valence-electron chi connectivity index (χ3n) is 3.61. The third-order valence-corrected chi connectivity index (χ3v) is 4.28. The summed E-state index contributed by atoms with van der Waals surface area (Å²) in [5, 5.41) is 0. The molecule has 1 fully saturated rings. The van der Waals surface area contributed by atoms with Gasteiger partial charge in [-0.25, -0.2) is 0 Å². The van der Waals surface area contributed by atoms with E-state index in [4.69, 9.17) is 15.2 Å². The number of halogens is 1. The predicted molar refractivity (Wildman–Crippen MR) is 92.7 cm³/mol. The van der Waals surface area contributed by atoms with Gasteiger partial charge in [0.15, 0.2) is 0 Å². The number of ether oxygens (including phenoxy) is 2. The van der Waals surface area contributed by atoms with E-state index in [1.54, 1.807) is 0 Å². The second kappa shape index (κ2) is 6.66. The van der Waals surface area contributed by atoms with E-state index in [9.17, 15) is 0 Å². The Hall–Kier alpha value is -1.27. The lowest BCUT2D eigenvalue weighted by atomic mass is 10.0. The van der Waals surface area contributed by atoms with Crippen molar-refractivity contribution in [3.8, 4) is 5.75 Å². The summed E-state index contributed by atoms with van der Waals surface area (Å²) in [6.07, 6.45) is 2.01. The summed E-state index contributed by atoms with van der Waals surface area (Å²) in [5.41, 5.74) is 9.28. The SMILES string of the molecule is Nc1ccc(I)cc1Cc1ccc(O[C@H]2CCOC2)cc1. The van der Waals surface area contributed by atoms with E-state index in [2.05, 4.69) is 40.8 Å². The van der Waals surface area contributed by atoms with Crippen LogP contribution in [0.3, 0.4) is 0 Å². The first-order valence-corrected chi connectivity index (χ1v) is 8.16. The number of nitrogen functional groups attached to an aromatic ring is 1. The van der Waals surface area contributed by atoms with Gasteiger partial charge in [-0.1, -0.05) is 12.1 Å². The summed E-state index contributed by atoms with van der Waals surface area (Å²) in [4.78, 5) is 0. The first-order chi connectivity index (χ1) is 10.2. The summed E-state index contributed by atoms with van der Waals surface area (Å²) in [6.45, 7) is 1.50. The third kappa shape index (κ3) is 3.89. The Morgan fingerprint density at radius 1 is 1.19 bits per heavy atom. The molecule has 21 heavy (non-hydrogen) atoms. The van der Waals surface area contributed by atoms with Crippen LogP contribution in [-0.4, -0.2) is 19.3 Å². The van der Waals surface area contributed by atoms with Gasteiger partial charge in [0.1, 0.15) is 11.9 Å². The standard InChI is InChI=1S/C17H18INO2/c18-14-3-6-17(19)13(10-14)9-12-1-4-15(5-2-12)21-16-7-8-20-11-16/h1-6,10,16H,7-9,11,19H2/t16-/m0/s1. The van der Waals surface area contributed by atoms with Crippen LogP contribution >= 0.6 is 22.6 Å². The Kier molecular flexibility index (Phi) is 4.65. The minimum absolute atomic E-state index is 0.196. The largest absolute Gasteiger partial charge is 0.488 e. The van der Waals surface area contributed by atoms with E-state index < -0.39 is 0 Å². The van der Waals surface area contributed by atoms with Gasteiger partial charge >= 0.3 is 0 Å². The average Bonchev–Trinajstić information content (AvgIpc) is 2.98. The fourth-order valence-corrected chi connectivity index (χ4v) is 2.99. The highest BCUT2D eigenvalue weighted by Gasteiger charge is 2.16. The second-order valence-electron chi connectivity index (χ2n) is 5.27. The summed E-state index contributed by atoms with van der Waals surface area (Å²) >= 11 is 2.31. The maximum absolute atomic E-state index is 6.03. The topological polar surface area (TPSA) is 44.5 Å². The van der Waals surface area contributed by atoms with Gasteiger partial charge in [-0.15, -0.1) is 0 Å². The van der Waals surface area contributed by atoms with Gasteiger partial charge in [-0.05, 0) is 70.5 Å². The molecule has 2 aromatic carbocycles. The molecule has 1 heterocycles. The zero-order valence-corrected chi connectivity index (χ0v) is 13.9. The maximum Gasteiger partial charge on any atom is 0.124 e. The molecule has 1 saturated heterocycles. The van der Waals surface area contributed by atoms with Crippen molar-refractivity contribution in [3.63, 3.8) is 0 Å². The molecule has 0 bridgehead atoms. The van der Waals surface area contributed by atoms with Gasteiger partial charge in [0.25, 0.3) is 0 Å². The van der Waals surface area contributed by atoms with Crippen LogP contribution in [0, 0.1) is 3.57 Å². The van der Waals surface area contributed by atoms with Crippen LogP contribution in [-0.2, 0) is 11.2 Å². The number of nitrogens with two attached hydrogens (primary N) is 1. The molecule has 0 aliphatic carbocycles. The number of benzene rings is 2. The molecule has 0 spiro atoms. The van der Waals surface area contributed by atoms with E-state index in [0.29, 0.717) is 6.61 Å². The fraction of sp³-hybridized carbons (Fsp3) is 0.294. The minimum Gasteiger partial charge on any atom is -0.488 e. The van der Waals surface area contributed by atoms with E-state index in [1.165, 1.54) is 14.7 Å². The molecule has 4 heteroatoms. The van der Waals surface area contributed by atoms with Gasteiger partial charge in [-0.2, -0.15) is 0 Å². The molecule has 3 rings (SSSR count). The highest BCUT2D eigenvalue weighted by atomic mass is 127. The molecule has 2 N–H and O–H groups in total. The minimum atomic E-state index is 0.196. The molecule has 110 valence electrons. The van der Waals surface area contributed by atoms with Crippen LogP contribution in [0.5, 0.6) is 5.75 Å². The van der Waals surface area contributed by atoms with Crippen LogP contribution in [0.25, 0.3) is 0 Å². The van der Waals surface area contributed by atoms with Crippen LogP contribution in [0.15, 0.2) is 42.5 Å². The lowest BCUT2D eigenvalue weighted by molar-refractivity contribution is 0.141. The monoisotopic (exact) mass is 395 g/mol. The highest BCUT2D eigenvalue weighted by molar-refractivity contribution is 14.1. The van der Waals surface area contributed by atoms with Crippen molar-refractivity contribution in [3.05, 3.63) is 57.2 Å². The number of anilines is 1. The van der Waals surface area contributed by atoms with E-state index in [1.807, 2.05) is 24.3 Å². The van der Waals surface area contributed by atoms with Crippen LogP contribution in [0.4, 0.5) is 5.69 Å². The number of hydrogen-bond donors (Lipinski definition) is 1. The molecule has 0 unspecified atom stereocenters. The van der Waals surface area contributed by atoms with Crippen molar-refractivity contribution in [2.24, 2.45) is 0 Å². The highest BCUT2D eigenvalue weighted by Crippen LogP contribution is 2.22. The molecule has 3 nitrogen and oxygen atoms in total. The smallest absolute Gasteiger partial charge is 0.124 e. The molecule has 2 aromatic rings. The molecule has 0 saturated carbocycles. The van der Waals surface area contributed by atoms with Crippen molar-refractivity contribution in [2.45, 2.75) is 18.9 Å². The summed E-state index contributed by atoms with van der Waals surface area (Å²) in [7, 11) is 0. The summed E-state index contributed by atoms with van der Waals surface area (Å²) in [5.74, 6) is 0.907. The average molecular weight is 395 g/mol. The van der Waals surface area contributed by atoms with Gasteiger partial charge in [0, 0.05) is 15.7 Å². The van der Waals surface area contributed by atoms with Crippen molar-refractivity contribution < 1.29 is 9.47 Å². The van der Waals surface area contributed by atoms with Crippen molar-refractivity contribution in [2.75, 3.05) is 18.9 Å². The number of hydrogen-bond acceptors (Lipinski definition) is 3. The predicted octanol–water partition coefficient (Wildman–Crippen LogP) is 3.63. The normalized spacial score (nSPS) is 17.9. The summed E-state index contributed by atoms with van der Waals surface area (Å²) < 4.78 is 12.4. The van der Waals surface area contributed by atoms with Crippen molar-refractivity contribution >= 4 is 28.3 Å². The first kappa shape index (κ1) is 14.7. The molecular formula is C17H18INO2. The van der Waals surface area contributed by atoms with Gasteiger partial charge in [-0.3, -0.25) is 0 Å². The van der Waals surface area contributed by atoms with Crippen molar-refractivity contribution in [1.82, 2.24) is 0 Å². The quantitative estimate of drug-likeness (QED) is 0.635. The van der Waals surface area contributed by atoms with E-state index in [-0.39, 0.29) is 6.10 Å². The zero-order chi connectivity index (χ0) is 14.7. The second-order valence-corrected chi connectivity index (χ2v) is 6.51. The van der Waals surface area contributed by atoms with Gasteiger partial charge in [0.05, 0.1) is 13.2 Å². The Balaban J connectivity index is 1.67. The molecule has 1 aliphatic heterocycles. The molecular weight excluding hydrogens is 377 g/mol. The fourth-order valence-electron chi connectivity index (χ4n) is 2.43. The van der Waals surface area contributed by atoms with Crippen LogP contribution < -0.4 is 10.5 Å². The maximum atomic E-state index is 6.03. The van der Waals surface area contributed by atoms with Crippen LogP contribution in [0.1, 0.15) is 17.5 Å². The van der Waals surface area contributed by atoms with Gasteiger partial charge < -0.3 is 15.2 Å². The first-order valence-electron chi connectivity index (χ1n) is 7.08. The lowest BCUT2D eigenvalue weighted by Gasteiger charge is -2.12. The number of rotatable bonds is 4. The Morgan fingerprint density at radius 2 is 2.00 bits per heavy atom. The Labute approximate surface area is 138 Å². The summed E-state index contributed by atoms with van der Waals surface area (Å²) in [6, 6.07) is 14.4. The molecule has 1 atom stereocenters. The zero-order valence-electron chi connectivity index (χ0n) is 11.7.